The van der Waals surface area contributed by atoms with Gasteiger partial charge in [0, 0.05) is 31.7 Å². The molecule has 6 heteroatoms. The molecule has 1 amide bonds. The zero-order valence-electron chi connectivity index (χ0n) is 20.0. The van der Waals surface area contributed by atoms with Gasteiger partial charge in [-0.3, -0.25) is 9.69 Å². The number of fused-ring (bicyclic) bond motifs is 1. The highest BCUT2D eigenvalue weighted by atomic mass is 16.5. The number of aromatic nitrogens is 2. The second kappa shape index (κ2) is 8.67. The maximum atomic E-state index is 13.3. The molecule has 2 aliphatic rings. The highest BCUT2D eigenvalue weighted by Crippen LogP contribution is 2.35. The number of hydrogen-bond donors (Lipinski definition) is 0. The quantitative estimate of drug-likeness (QED) is 0.609. The molecule has 1 fully saturated rings. The lowest BCUT2D eigenvalue weighted by atomic mass is 9.88. The lowest BCUT2D eigenvalue weighted by Gasteiger charge is -2.40. The second-order valence-corrected chi connectivity index (χ2v) is 9.30. The molecule has 3 aromatic rings. The monoisotopic (exact) mass is 444 g/mol. The molecule has 1 aromatic heterocycles. The van der Waals surface area contributed by atoms with Crippen LogP contribution in [0.5, 0.6) is 5.88 Å². The van der Waals surface area contributed by atoms with Crippen molar-refractivity contribution in [3.8, 4) is 5.88 Å². The number of ether oxygens (including phenoxy) is 1. The third-order valence-corrected chi connectivity index (χ3v) is 6.97. The summed E-state index contributed by atoms with van der Waals surface area (Å²) < 4.78 is 7.46. The summed E-state index contributed by atoms with van der Waals surface area (Å²) >= 11 is 0. The fourth-order valence-corrected chi connectivity index (χ4v) is 5.45. The van der Waals surface area contributed by atoms with Crippen LogP contribution in [-0.2, 0) is 6.54 Å². The normalized spacial score (nSPS) is 17.0. The number of nitrogens with zero attached hydrogens (tertiary/aromatic N) is 4. The molecule has 6 nitrogen and oxygen atoms in total. The maximum Gasteiger partial charge on any atom is 0.274 e. The Morgan fingerprint density at radius 2 is 1.61 bits per heavy atom. The summed E-state index contributed by atoms with van der Waals surface area (Å²) in [5, 5.41) is 4.53. The van der Waals surface area contributed by atoms with Gasteiger partial charge in [-0.1, -0.05) is 48.0 Å². The Balaban J connectivity index is 1.39. The Bertz CT molecular complexity index is 1150. The predicted molar refractivity (Wildman–Crippen MR) is 129 cm³/mol. The second-order valence-electron chi connectivity index (χ2n) is 9.30. The number of rotatable bonds is 4. The molecule has 1 saturated heterocycles. The van der Waals surface area contributed by atoms with Crippen LogP contribution in [0.25, 0.3) is 0 Å². The maximum absolute atomic E-state index is 13.3. The lowest BCUT2D eigenvalue weighted by molar-refractivity contribution is 0.0589. The van der Waals surface area contributed by atoms with Gasteiger partial charge in [-0.05, 0) is 49.9 Å². The van der Waals surface area contributed by atoms with Crippen LogP contribution in [0.1, 0.15) is 49.9 Å². The Kier molecular flexibility index (Phi) is 5.71. The van der Waals surface area contributed by atoms with Crippen LogP contribution in [0, 0.1) is 27.7 Å². The molecule has 2 aliphatic heterocycles. The van der Waals surface area contributed by atoms with Crippen molar-refractivity contribution in [1.82, 2.24) is 19.6 Å². The van der Waals surface area contributed by atoms with Crippen molar-refractivity contribution in [1.29, 1.82) is 0 Å². The number of hydrogen-bond acceptors (Lipinski definition) is 4. The van der Waals surface area contributed by atoms with E-state index in [1.54, 1.807) is 0 Å². The first kappa shape index (κ1) is 21.7. The first-order valence-corrected chi connectivity index (χ1v) is 11.8. The summed E-state index contributed by atoms with van der Waals surface area (Å²) in [6.45, 7) is 12.9. The smallest absolute Gasteiger partial charge is 0.274 e. The van der Waals surface area contributed by atoms with E-state index in [9.17, 15) is 4.79 Å². The molecule has 0 saturated carbocycles. The van der Waals surface area contributed by atoms with Gasteiger partial charge in [0.05, 0.1) is 12.6 Å². The molecular weight excluding hydrogens is 412 g/mol. The van der Waals surface area contributed by atoms with Crippen LogP contribution in [0.2, 0.25) is 0 Å². The van der Waals surface area contributed by atoms with Gasteiger partial charge in [-0.15, -0.1) is 0 Å². The molecule has 0 spiro atoms. The van der Waals surface area contributed by atoms with E-state index in [-0.39, 0.29) is 11.9 Å². The number of piperazine rings is 1. The molecule has 0 N–H and O–H groups in total. The SMILES string of the molecule is Cc1cc(C)c(C(c2ccccc2)N2CCN(C(=O)c3nn4c(c3C)OCC4)CC2)c(C)c1. The third kappa shape index (κ3) is 3.93. The van der Waals surface area contributed by atoms with Gasteiger partial charge in [-0.2, -0.15) is 5.10 Å². The van der Waals surface area contributed by atoms with Crippen molar-refractivity contribution in [3.05, 3.63) is 81.5 Å². The van der Waals surface area contributed by atoms with Gasteiger partial charge >= 0.3 is 0 Å². The van der Waals surface area contributed by atoms with E-state index in [0.717, 1.165) is 24.5 Å². The summed E-state index contributed by atoms with van der Waals surface area (Å²) in [6.07, 6.45) is 0. The van der Waals surface area contributed by atoms with Gasteiger partial charge < -0.3 is 9.64 Å². The van der Waals surface area contributed by atoms with E-state index >= 15 is 0 Å². The van der Waals surface area contributed by atoms with Crippen LogP contribution < -0.4 is 4.74 Å². The van der Waals surface area contributed by atoms with Crippen molar-refractivity contribution >= 4 is 5.91 Å². The highest BCUT2D eigenvalue weighted by molar-refractivity contribution is 5.94. The Morgan fingerprint density at radius 3 is 2.24 bits per heavy atom. The fraction of sp³-hybridized carbons (Fsp3) is 0.407. The molecule has 2 aromatic carbocycles. The van der Waals surface area contributed by atoms with Crippen LogP contribution in [0.4, 0.5) is 0 Å². The Morgan fingerprint density at radius 1 is 0.939 bits per heavy atom. The molecule has 0 bridgehead atoms. The van der Waals surface area contributed by atoms with E-state index in [0.29, 0.717) is 31.9 Å². The topological polar surface area (TPSA) is 50.6 Å². The van der Waals surface area contributed by atoms with Crippen LogP contribution in [-0.4, -0.2) is 58.3 Å². The predicted octanol–water partition coefficient (Wildman–Crippen LogP) is 4.06. The third-order valence-electron chi connectivity index (χ3n) is 6.97. The minimum Gasteiger partial charge on any atom is -0.476 e. The van der Waals surface area contributed by atoms with E-state index < -0.39 is 0 Å². The van der Waals surface area contributed by atoms with Crippen molar-refractivity contribution < 1.29 is 9.53 Å². The zero-order chi connectivity index (χ0) is 23.1. The molecule has 172 valence electrons. The van der Waals surface area contributed by atoms with Crippen LogP contribution >= 0.6 is 0 Å². The molecule has 5 rings (SSSR count). The van der Waals surface area contributed by atoms with E-state index in [1.165, 1.54) is 27.8 Å². The first-order chi connectivity index (χ1) is 15.9. The molecule has 1 unspecified atom stereocenters. The highest BCUT2D eigenvalue weighted by Gasteiger charge is 2.33. The first-order valence-electron chi connectivity index (χ1n) is 11.8. The average molecular weight is 445 g/mol. The van der Waals surface area contributed by atoms with E-state index in [4.69, 9.17) is 4.74 Å². The van der Waals surface area contributed by atoms with E-state index in [1.807, 2.05) is 16.5 Å². The number of carbonyl (C=O) groups is 1. The Hall–Kier alpha value is -3.12. The van der Waals surface area contributed by atoms with Crippen molar-refractivity contribution in [3.63, 3.8) is 0 Å². The van der Waals surface area contributed by atoms with Gasteiger partial charge in [0.1, 0.15) is 6.61 Å². The fourth-order valence-electron chi connectivity index (χ4n) is 5.45. The number of amides is 1. The minimum atomic E-state index is 0.0107. The van der Waals surface area contributed by atoms with E-state index in [2.05, 4.69) is 73.2 Å². The summed E-state index contributed by atoms with van der Waals surface area (Å²) in [5.41, 5.74) is 8.00. The molecule has 0 radical (unpaired) electrons. The summed E-state index contributed by atoms with van der Waals surface area (Å²) in [7, 11) is 0. The summed E-state index contributed by atoms with van der Waals surface area (Å²) in [6, 6.07) is 15.5. The Labute approximate surface area is 195 Å². The number of aryl methyl sites for hydroxylation is 3. The van der Waals surface area contributed by atoms with Crippen molar-refractivity contribution in [2.45, 2.75) is 40.3 Å². The van der Waals surface area contributed by atoms with Gasteiger partial charge in [0.25, 0.3) is 5.91 Å². The summed E-state index contributed by atoms with van der Waals surface area (Å²) in [4.78, 5) is 17.7. The molecule has 1 atom stereocenters. The molecule has 0 aliphatic carbocycles. The number of carbonyl (C=O) groups excluding carboxylic acids is 1. The lowest BCUT2D eigenvalue weighted by Crippen LogP contribution is -2.50. The summed E-state index contributed by atoms with van der Waals surface area (Å²) in [5.74, 6) is 0.753. The largest absolute Gasteiger partial charge is 0.476 e. The average Bonchev–Trinajstić information content (AvgIpc) is 3.39. The zero-order valence-corrected chi connectivity index (χ0v) is 20.0. The molecule has 3 heterocycles. The van der Waals surface area contributed by atoms with Crippen molar-refractivity contribution in [2.75, 3.05) is 32.8 Å². The van der Waals surface area contributed by atoms with Gasteiger partial charge in [0.15, 0.2) is 5.69 Å². The molecular formula is C27H32N4O2. The van der Waals surface area contributed by atoms with Crippen molar-refractivity contribution in [2.24, 2.45) is 0 Å². The van der Waals surface area contributed by atoms with Gasteiger partial charge in [0.2, 0.25) is 5.88 Å². The standard InChI is InChI=1S/C27H32N4O2/c1-18-16-19(2)23(20(3)17-18)25(22-8-6-5-7-9-22)29-10-12-30(13-11-29)26(32)24-21(4)27-31(28-24)14-15-33-27/h5-9,16-17,25H,10-15H2,1-4H3. The minimum absolute atomic E-state index is 0.0107. The number of benzene rings is 2. The van der Waals surface area contributed by atoms with Gasteiger partial charge in [-0.25, -0.2) is 4.68 Å². The van der Waals surface area contributed by atoms with Crippen LogP contribution in [0.15, 0.2) is 42.5 Å². The molecule has 33 heavy (non-hydrogen) atoms. The van der Waals surface area contributed by atoms with Crippen LogP contribution in [0.3, 0.4) is 0 Å².